The molecule has 4 rings (SSSR count). The molecule has 0 bridgehead atoms. The molecule has 24 heavy (non-hydrogen) atoms. The normalized spacial score (nSPS) is 13.9. The van der Waals surface area contributed by atoms with Crippen molar-refractivity contribution in [3.8, 4) is 11.1 Å². The average Bonchev–Trinajstić information content (AvgIpc) is 2.91. The highest BCUT2D eigenvalue weighted by molar-refractivity contribution is 6.03. The molecule has 3 nitrogen and oxygen atoms in total. The highest BCUT2D eigenvalue weighted by Gasteiger charge is 2.25. The standard InChI is InChI=1S/C17H10F4N2O/c18-10-2-1-8(5-11(10)19)14-15(21)12(20)6-9-7-13-17(24)22-3-4-23(13)16(9)14/h1-2,5-7H,3-4H2,(H,22,24). The molecule has 122 valence electrons. The average molecular weight is 334 g/mol. The molecule has 0 saturated carbocycles. The van der Waals surface area contributed by atoms with Gasteiger partial charge in [0.25, 0.3) is 5.91 Å². The largest absolute Gasteiger partial charge is 0.349 e. The summed E-state index contributed by atoms with van der Waals surface area (Å²) in [5.74, 6) is -4.88. The first-order valence-corrected chi connectivity index (χ1v) is 7.22. The molecular formula is C17H10F4N2O. The Bertz CT molecular complexity index is 1010. The predicted octanol–water partition coefficient (Wildman–Crippen LogP) is 3.61. The minimum Gasteiger partial charge on any atom is -0.349 e. The van der Waals surface area contributed by atoms with Crippen molar-refractivity contribution in [3.05, 3.63) is 59.3 Å². The molecule has 0 radical (unpaired) electrons. The number of benzene rings is 2. The second-order valence-electron chi connectivity index (χ2n) is 5.55. The molecule has 1 aliphatic heterocycles. The van der Waals surface area contributed by atoms with E-state index in [4.69, 9.17) is 0 Å². The predicted molar refractivity (Wildman–Crippen MR) is 79.5 cm³/mol. The van der Waals surface area contributed by atoms with Crippen molar-refractivity contribution in [3.63, 3.8) is 0 Å². The van der Waals surface area contributed by atoms with E-state index in [0.717, 1.165) is 18.2 Å². The van der Waals surface area contributed by atoms with E-state index in [1.165, 1.54) is 12.1 Å². The minimum atomic E-state index is -1.17. The van der Waals surface area contributed by atoms with Crippen molar-refractivity contribution < 1.29 is 22.4 Å². The topological polar surface area (TPSA) is 34.0 Å². The summed E-state index contributed by atoms with van der Waals surface area (Å²) in [6.45, 7) is 0.706. The van der Waals surface area contributed by atoms with Crippen molar-refractivity contribution in [2.24, 2.45) is 0 Å². The van der Waals surface area contributed by atoms with E-state index < -0.39 is 23.3 Å². The van der Waals surface area contributed by atoms with Crippen molar-refractivity contribution in [1.82, 2.24) is 9.88 Å². The summed E-state index contributed by atoms with van der Waals surface area (Å²) in [5, 5.41) is 2.97. The Morgan fingerprint density at radius 1 is 0.958 bits per heavy atom. The van der Waals surface area contributed by atoms with Crippen molar-refractivity contribution in [1.29, 1.82) is 0 Å². The van der Waals surface area contributed by atoms with Crippen LogP contribution in [0.2, 0.25) is 0 Å². The highest BCUT2D eigenvalue weighted by atomic mass is 19.2. The molecule has 2 heterocycles. The molecule has 1 aromatic heterocycles. The van der Waals surface area contributed by atoms with Crippen LogP contribution < -0.4 is 5.32 Å². The molecule has 2 aromatic carbocycles. The van der Waals surface area contributed by atoms with Crippen LogP contribution in [0, 0.1) is 23.3 Å². The van der Waals surface area contributed by atoms with Crippen LogP contribution in [0.1, 0.15) is 10.5 Å². The van der Waals surface area contributed by atoms with E-state index >= 15 is 0 Å². The number of carbonyl (C=O) groups is 1. The number of hydrogen-bond acceptors (Lipinski definition) is 1. The maximum atomic E-state index is 14.5. The molecule has 3 aromatic rings. The molecule has 0 atom stereocenters. The van der Waals surface area contributed by atoms with Gasteiger partial charge in [-0.25, -0.2) is 17.6 Å². The van der Waals surface area contributed by atoms with E-state index in [1.54, 1.807) is 4.57 Å². The molecule has 0 aliphatic carbocycles. The van der Waals surface area contributed by atoms with Crippen LogP contribution in [-0.2, 0) is 6.54 Å². The van der Waals surface area contributed by atoms with Crippen LogP contribution in [-0.4, -0.2) is 17.0 Å². The number of nitrogens with zero attached hydrogens (tertiary/aromatic N) is 1. The van der Waals surface area contributed by atoms with Crippen molar-refractivity contribution >= 4 is 16.8 Å². The maximum Gasteiger partial charge on any atom is 0.268 e. The van der Waals surface area contributed by atoms with Gasteiger partial charge >= 0.3 is 0 Å². The van der Waals surface area contributed by atoms with Crippen LogP contribution >= 0.6 is 0 Å². The summed E-state index contributed by atoms with van der Waals surface area (Å²) in [6, 6.07) is 5.30. The Labute approximate surface area is 133 Å². The van der Waals surface area contributed by atoms with Gasteiger partial charge in [0.15, 0.2) is 23.3 Å². The van der Waals surface area contributed by atoms with Gasteiger partial charge in [0, 0.05) is 24.0 Å². The smallest absolute Gasteiger partial charge is 0.268 e. The zero-order valence-corrected chi connectivity index (χ0v) is 12.2. The fourth-order valence-corrected chi connectivity index (χ4v) is 3.09. The zero-order valence-electron chi connectivity index (χ0n) is 12.2. The first-order valence-electron chi connectivity index (χ1n) is 7.22. The summed E-state index contributed by atoms with van der Waals surface area (Å²) in [6.07, 6.45) is 0. The number of amides is 1. The van der Waals surface area contributed by atoms with Gasteiger partial charge in [-0.1, -0.05) is 6.07 Å². The van der Waals surface area contributed by atoms with Crippen LogP contribution in [0.3, 0.4) is 0 Å². The third kappa shape index (κ3) is 2.01. The van der Waals surface area contributed by atoms with Gasteiger partial charge in [0.2, 0.25) is 0 Å². The quantitative estimate of drug-likeness (QED) is 0.678. The number of rotatable bonds is 1. The van der Waals surface area contributed by atoms with E-state index in [2.05, 4.69) is 5.32 Å². The van der Waals surface area contributed by atoms with Gasteiger partial charge in [-0.15, -0.1) is 0 Å². The van der Waals surface area contributed by atoms with E-state index in [0.29, 0.717) is 18.5 Å². The Balaban J connectivity index is 2.11. The lowest BCUT2D eigenvalue weighted by Gasteiger charge is -2.18. The van der Waals surface area contributed by atoms with E-state index in [1.807, 2.05) is 0 Å². The SMILES string of the molecule is O=C1NCCn2c1cc1cc(F)c(F)c(-c3ccc(F)c(F)c3)c12. The minimum absolute atomic E-state index is 0.00258. The van der Waals surface area contributed by atoms with E-state index in [9.17, 15) is 22.4 Å². The number of fused-ring (bicyclic) bond motifs is 3. The second kappa shape index (κ2) is 5.09. The fourth-order valence-electron chi connectivity index (χ4n) is 3.09. The maximum absolute atomic E-state index is 14.5. The Kier molecular flexibility index (Phi) is 3.13. The Morgan fingerprint density at radius 2 is 1.75 bits per heavy atom. The molecule has 0 fully saturated rings. The van der Waals surface area contributed by atoms with Gasteiger partial charge in [-0.05, 0) is 29.8 Å². The second-order valence-corrected chi connectivity index (χ2v) is 5.55. The summed E-state index contributed by atoms with van der Waals surface area (Å²) in [4.78, 5) is 11.9. The molecule has 1 amide bonds. The molecule has 1 aliphatic rings. The monoisotopic (exact) mass is 334 g/mol. The van der Waals surface area contributed by atoms with Crippen LogP contribution in [0.25, 0.3) is 22.0 Å². The molecule has 7 heteroatoms. The summed E-state index contributed by atoms with van der Waals surface area (Å²) in [7, 11) is 0. The zero-order chi connectivity index (χ0) is 17.0. The molecule has 0 spiro atoms. The fraction of sp³-hybridized carbons (Fsp3) is 0.118. The Morgan fingerprint density at radius 3 is 2.50 bits per heavy atom. The summed E-state index contributed by atoms with van der Waals surface area (Å²) < 4.78 is 56.8. The Hall–Kier alpha value is -2.83. The molecular weight excluding hydrogens is 324 g/mol. The summed E-state index contributed by atoms with van der Waals surface area (Å²) >= 11 is 0. The van der Waals surface area contributed by atoms with Crippen LogP contribution in [0.15, 0.2) is 30.3 Å². The lowest BCUT2D eigenvalue weighted by atomic mass is 10.0. The molecule has 0 unspecified atom stereocenters. The third-order valence-electron chi connectivity index (χ3n) is 4.14. The third-order valence-corrected chi connectivity index (χ3v) is 4.14. The summed E-state index contributed by atoms with van der Waals surface area (Å²) in [5.41, 5.74) is 0.363. The lowest BCUT2D eigenvalue weighted by Crippen LogP contribution is -2.34. The highest BCUT2D eigenvalue weighted by Crippen LogP contribution is 2.36. The number of carbonyl (C=O) groups excluding carboxylic acids is 1. The lowest BCUT2D eigenvalue weighted by molar-refractivity contribution is 0.0929. The van der Waals surface area contributed by atoms with Gasteiger partial charge in [0.05, 0.1) is 5.52 Å². The van der Waals surface area contributed by atoms with Gasteiger partial charge < -0.3 is 9.88 Å². The van der Waals surface area contributed by atoms with E-state index in [-0.39, 0.29) is 28.2 Å². The number of hydrogen-bond donors (Lipinski definition) is 1. The first-order chi connectivity index (χ1) is 11.5. The van der Waals surface area contributed by atoms with Crippen LogP contribution in [0.5, 0.6) is 0 Å². The number of nitrogens with one attached hydrogen (secondary N) is 1. The number of halogens is 4. The number of aromatic nitrogens is 1. The van der Waals surface area contributed by atoms with Gasteiger partial charge in [0.1, 0.15) is 5.69 Å². The van der Waals surface area contributed by atoms with Crippen molar-refractivity contribution in [2.45, 2.75) is 6.54 Å². The van der Waals surface area contributed by atoms with Crippen LogP contribution in [0.4, 0.5) is 17.6 Å². The van der Waals surface area contributed by atoms with Crippen molar-refractivity contribution in [2.75, 3.05) is 6.54 Å². The first kappa shape index (κ1) is 14.7. The van der Waals surface area contributed by atoms with Gasteiger partial charge in [-0.3, -0.25) is 4.79 Å². The van der Waals surface area contributed by atoms with Gasteiger partial charge in [-0.2, -0.15) is 0 Å². The molecule has 0 saturated heterocycles. The molecule has 1 N–H and O–H groups in total.